The van der Waals surface area contributed by atoms with Crippen molar-refractivity contribution < 1.29 is 8.42 Å². The van der Waals surface area contributed by atoms with Crippen molar-refractivity contribution in [2.45, 2.75) is 51.5 Å². The van der Waals surface area contributed by atoms with Gasteiger partial charge in [0.15, 0.2) is 0 Å². The summed E-state index contributed by atoms with van der Waals surface area (Å²) in [4.78, 5) is 1.48. The van der Waals surface area contributed by atoms with Crippen molar-refractivity contribution in [3.05, 3.63) is 15.8 Å². The molecule has 1 fully saturated rings. The maximum atomic E-state index is 13.0. The molecule has 0 aliphatic heterocycles. The summed E-state index contributed by atoms with van der Waals surface area (Å²) in [5, 5.41) is 5.27. The van der Waals surface area contributed by atoms with Crippen LogP contribution in [0.4, 0.5) is 0 Å². The van der Waals surface area contributed by atoms with E-state index < -0.39 is 10.0 Å². The smallest absolute Gasteiger partial charge is 0.244 e. The third-order valence-electron chi connectivity index (χ3n) is 3.81. The molecular weight excluding hydrogens is 304 g/mol. The lowest BCUT2D eigenvalue weighted by Gasteiger charge is -2.21. The first-order valence-electron chi connectivity index (χ1n) is 7.78. The Hall–Kier alpha value is -0.430. The van der Waals surface area contributed by atoms with Crippen LogP contribution < -0.4 is 5.32 Å². The number of hydrogen-bond acceptors (Lipinski definition) is 4. The summed E-state index contributed by atoms with van der Waals surface area (Å²) < 4.78 is 27.6. The predicted octanol–water partition coefficient (Wildman–Crippen LogP) is 2.98. The molecular formula is C15H26N2O2S2. The van der Waals surface area contributed by atoms with Crippen molar-refractivity contribution in [1.29, 1.82) is 0 Å². The monoisotopic (exact) mass is 330 g/mol. The Morgan fingerprint density at radius 3 is 2.67 bits per heavy atom. The molecule has 0 aromatic carbocycles. The highest BCUT2D eigenvalue weighted by Gasteiger charge is 2.33. The quantitative estimate of drug-likeness (QED) is 0.708. The molecule has 1 N–H and O–H groups in total. The molecule has 4 nitrogen and oxygen atoms in total. The molecule has 1 aromatic heterocycles. The highest BCUT2D eigenvalue weighted by molar-refractivity contribution is 7.89. The Kier molecular flexibility index (Phi) is 5.82. The van der Waals surface area contributed by atoms with Crippen LogP contribution in [0.3, 0.4) is 0 Å². The van der Waals surface area contributed by atoms with Crippen molar-refractivity contribution in [2.75, 3.05) is 19.6 Å². The van der Waals surface area contributed by atoms with E-state index in [9.17, 15) is 8.42 Å². The average Bonchev–Trinajstić information content (AvgIpc) is 3.18. The summed E-state index contributed by atoms with van der Waals surface area (Å²) in [6.07, 6.45) is 3.38. The maximum absolute atomic E-state index is 13.0. The molecule has 1 aliphatic rings. The number of aryl methyl sites for hydroxylation is 1. The van der Waals surface area contributed by atoms with Gasteiger partial charge >= 0.3 is 0 Å². The summed E-state index contributed by atoms with van der Waals surface area (Å²) in [5.74, 6) is 0.570. The van der Waals surface area contributed by atoms with E-state index in [4.69, 9.17) is 0 Å². The van der Waals surface area contributed by atoms with Gasteiger partial charge in [-0.2, -0.15) is 4.31 Å². The number of nitrogens with zero attached hydrogens (tertiary/aromatic N) is 1. The third-order valence-corrected chi connectivity index (χ3v) is 7.22. The van der Waals surface area contributed by atoms with E-state index in [0.29, 0.717) is 30.4 Å². The fraction of sp³-hybridized carbons (Fsp3) is 0.733. The Morgan fingerprint density at radius 2 is 2.10 bits per heavy atom. The largest absolute Gasteiger partial charge is 0.312 e. The van der Waals surface area contributed by atoms with E-state index >= 15 is 0 Å². The highest BCUT2D eigenvalue weighted by atomic mass is 32.2. The molecule has 1 aliphatic carbocycles. The first-order chi connectivity index (χ1) is 10.0. The Balaban J connectivity index is 2.22. The zero-order valence-electron chi connectivity index (χ0n) is 13.2. The first kappa shape index (κ1) is 16.9. The molecule has 1 aromatic rings. The molecule has 0 radical (unpaired) electrons. The van der Waals surface area contributed by atoms with E-state index in [-0.39, 0.29) is 0 Å². The van der Waals surface area contributed by atoms with Crippen LogP contribution >= 0.6 is 11.3 Å². The Bertz CT molecular complexity index is 562. The lowest BCUT2D eigenvalue weighted by Crippen LogP contribution is -2.33. The molecule has 120 valence electrons. The summed E-state index contributed by atoms with van der Waals surface area (Å²) in [6, 6.07) is 0. The van der Waals surface area contributed by atoms with Gasteiger partial charge in [-0.1, -0.05) is 13.8 Å². The molecule has 2 rings (SSSR count). The second-order valence-corrected chi connectivity index (χ2v) is 8.59. The zero-order chi connectivity index (χ0) is 15.5. The summed E-state index contributed by atoms with van der Waals surface area (Å²) in [5.41, 5.74) is 0.877. The minimum atomic E-state index is -3.36. The van der Waals surface area contributed by atoms with Crippen molar-refractivity contribution in [3.8, 4) is 0 Å². The van der Waals surface area contributed by atoms with Crippen molar-refractivity contribution >= 4 is 21.4 Å². The van der Waals surface area contributed by atoms with Gasteiger partial charge < -0.3 is 5.32 Å². The van der Waals surface area contributed by atoms with Gasteiger partial charge in [0.05, 0.1) is 0 Å². The van der Waals surface area contributed by atoms with Gasteiger partial charge in [-0.05, 0) is 49.6 Å². The van der Waals surface area contributed by atoms with Crippen LogP contribution in [0.1, 0.15) is 43.6 Å². The number of sulfonamides is 1. The van der Waals surface area contributed by atoms with Gasteiger partial charge in [-0.25, -0.2) is 8.42 Å². The van der Waals surface area contributed by atoms with Crippen LogP contribution in [0.25, 0.3) is 0 Å². The summed E-state index contributed by atoms with van der Waals surface area (Å²) in [6.45, 7) is 8.72. The Morgan fingerprint density at radius 1 is 1.38 bits per heavy atom. The van der Waals surface area contributed by atoms with Crippen LogP contribution in [-0.4, -0.2) is 32.4 Å². The van der Waals surface area contributed by atoms with Gasteiger partial charge in [-0.15, -0.1) is 11.3 Å². The molecule has 6 heteroatoms. The van der Waals surface area contributed by atoms with Gasteiger partial charge in [-0.3, -0.25) is 0 Å². The Labute approximate surface area is 132 Å². The molecule has 0 bridgehead atoms. The normalized spacial score (nSPS) is 15.8. The number of rotatable bonds is 9. The molecule has 1 heterocycles. The standard InChI is InChI=1S/C15H26N2O2S2/c1-4-8-16-9-14-15(12(3)11-20-14)21(18,19)17(5-2)10-13-6-7-13/h11,13,16H,4-10H2,1-3H3. The topological polar surface area (TPSA) is 49.4 Å². The van der Waals surface area contributed by atoms with E-state index in [1.54, 1.807) is 15.6 Å². The molecule has 0 spiro atoms. The van der Waals surface area contributed by atoms with Crippen LogP contribution in [0.15, 0.2) is 10.3 Å². The van der Waals surface area contributed by atoms with Gasteiger partial charge in [0.2, 0.25) is 10.0 Å². The second kappa shape index (κ2) is 7.22. The lowest BCUT2D eigenvalue weighted by atomic mass is 10.3. The van der Waals surface area contributed by atoms with E-state index in [0.717, 1.165) is 23.4 Å². The van der Waals surface area contributed by atoms with E-state index in [1.807, 2.05) is 19.2 Å². The SMILES string of the molecule is CCCNCc1scc(C)c1S(=O)(=O)N(CC)CC1CC1. The van der Waals surface area contributed by atoms with Gasteiger partial charge in [0, 0.05) is 24.5 Å². The van der Waals surface area contributed by atoms with Crippen LogP contribution in [0, 0.1) is 12.8 Å². The number of hydrogen-bond donors (Lipinski definition) is 1. The molecule has 0 amide bonds. The van der Waals surface area contributed by atoms with Crippen molar-refractivity contribution in [3.63, 3.8) is 0 Å². The maximum Gasteiger partial charge on any atom is 0.244 e. The fourth-order valence-corrected chi connectivity index (χ4v) is 5.71. The van der Waals surface area contributed by atoms with Gasteiger partial charge in [0.1, 0.15) is 4.90 Å². The third kappa shape index (κ3) is 4.06. The van der Waals surface area contributed by atoms with E-state index in [1.165, 1.54) is 12.8 Å². The lowest BCUT2D eigenvalue weighted by molar-refractivity contribution is 0.411. The van der Waals surface area contributed by atoms with E-state index in [2.05, 4.69) is 12.2 Å². The van der Waals surface area contributed by atoms with Gasteiger partial charge in [0.25, 0.3) is 0 Å². The van der Waals surface area contributed by atoms with Crippen molar-refractivity contribution in [1.82, 2.24) is 9.62 Å². The van der Waals surface area contributed by atoms with Crippen LogP contribution in [0.5, 0.6) is 0 Å². The number of thiophene rings is 1. The first-order valence-corrected chi connectivity index (χ1v) is 10.1. The zero-order valence-corrected chi connectivity index (χ0v) is 14.8. The summed E-state index contributed by atoms with van der Waals surface area (Å²) in [7, 11) is -3.36. The second-order valence-electron chi connectivity index (χ2n) is 5.75. The molecule has 21 heavy (non-hydrogen) atoms. The summed E-state index contributed by atoms with van der Waals surface area (Å²) >= 11 is 1.55. The molecule has 0 atom stereocenters. The van der Waals surface area contributed by atoms with Crippen LogP contribution in [0.2, 0.25) is 0 Å². The molecule has 0 unspecified atom stereocenters. The molecule has 1 saturated carbocycles. The minimum absolute atomic E-state index is 0.540. The highest BCUT2D eigenvalue weighted by Crippen LogP contribution is 2.34. The van der Waals surface area contributed by atoms with Crippen LogP contribution in [-0.2, 0) is 16.6 Å². The fourth-order valence-electron chi connectivity index (χ4n) is 2.45. The average molecular weight is 331 g/mol. The van der Waals surface area contributed by atoms with Crippen molar-refractivity contribution in [2.24, 2.45) is 5.92 Å². The number of nitrogens with one attached hydrogen (secondary N) is 1. The minimum Gasteiger partial charge on any atom is -0.312 e. The molecule has 0 saturated heterocycles. The predicted molar refractivity (Wildman–Crippen MR) is 88.2 cm³/mol.